The summed E-state index contributed by atoms with van der Waals surface area (Å²) in [4.78, 5) is 29.8. The van der Waals surface area contributed by atoms with E-state index in [2.05, 4.69) is 11.1 Å². The Labute approximate surface area is 180 Å². The molecule has 6 heteroatoms. The van der Waals surface area contributed by atoms with Gasteiger partial charge in [0.15, 0.2) is 0 Å². The zero-order chi connectivity index (χ0) is 22.2. The first kappa shape index (κ1) is 20.6. The minimum absolute atomic E-state index is 0.236. The molecule has 0 aliphatic carbocycles. The van der Waals surface area contributed by atoms with Crippen molar-refractivity contribution in [3.8, 4) is 0 Å². The van der Waals surface area contributed by atoms with Crippen LogP contribution < -0.4 is 4.90 Å². The van der Waals surface area contributed by atoms with Gasteiger partial charge in [-0.2, -0.15) is 0 Å². The first-order chi connectivity index (χ1) is 14.7. The predicted octanol–water partition coefficient (Wildman–Crippen LogP) is 5.40. The highest BCUT2D eigenvalue weighted by molar-refractivity contribution is 6.03. The third kappa shape index (κ3) is 4.43. The van der Waals surface area contributed by atoms with Crippen molar-refractivity contribution in [1.82, 2.24) is 4.98 Å². The van der Waals surface area contributed by atoms with Gasteiger partial charge in [0.05, 0.1) is 16.8 Å². The molecule has 0 unspecified atom stereocenters. The summed E-state index contributed by atoms with van der Waals surface area (Å²) in [7, 11) is 0. The summed E-state index contributed by atoms with van der Waals surface area (Å²) in [5.74, 6) is -0.971. The van der Waals surface area contributed by atoms with Crippen LogP contribution >= 0.6 is 0 Å². The highest BCUT2D eigenvalue weighted by atomic mass is 16.6. The number of rotatable bonds is 3. The number of anilines is 1. The lowest BCUT2D eigenvalue weighted by Crippen LogP contribution is -2.35. The molecule has 1 aliphatic heterocycles. The van der Waals surface area contributed by atoms with Crippen molar-refractivity contribution < 1.29 is 19.4 Å². The van der Waals surface area contributed by atoms with Gasteiger partial charge in [0.2, 0.25) is 0 Å². The number of carboxylic acids is 1. The Morgan fingerprint density at radius 3 is 2.48 bits per heavy atom. The lowest BCUT2D eigenvalue weighted by Gasteiger charge is -2.24. The number of nitrogens with zero attached hydrogens (tertiary/aromatic N) is 2. The molecular formula is C25H24N2O4. The fourth-order valence-electron chi connectivity index (χ4n) is 3.68. The van der Waals surface area contributed by atoms with Crippen LogP contribution in [0.15, 0.2) is 48.7 Å². The molecule has 31 heavy (non-hydrogen) atoms. The van der Waals surface area contributed by atoms with Gasteiger partial charge < -0.3 is 9.84 Å². The fourth-order valence-corrected chi connectivity index (χ4v) is 3.68. The van der Waals surface area contributed by atoms with Gasteiger partial charge in [0.1, 0.15) is 5.60 Å². The Morgan fingerprint density at radius 1 is 1.06 bits per heavy atom. The molecule has 2 aromatic carbocycles. The standard InChI is InChI=1S/C25H24N2O4/c1-25(2,3)31-24(30)27-13-11-18-14-16(7-9-22(18)27)4-5-17-6-8-21-20(15-17)19(23(28)29)10-12-26-21/h4-10,12,14-15H,11,13H2,1-3H3,(H,28,29)/b5-4+. The molecule has 4 rings (SSSR count). The van der Waals surface area contributed by atoms with E-state index in [1.165, 1.54) is 12.3 Å². The van der Waals surface area contributed by atoms with Gasteiger partial charge in [0.25, 0.3) is 0 Å². The Balaban J connectivity index is 1.57. The minimum Gasteiger partial charge on any atom is -0.478 e. The number of fused-ring (bicyclic) bond motifs is 2. The molecule has 0 bridgehead atoms. The maximum atomic E-state index is 12.4. The van der Waals surface area contributed by atoms with Crippen LogP contribution in [-0.4, -0.2) is 34.3 Å². The zero-order valence-corrected chi connectivity index (χ0v) is 17.8. The Bertz CT molecular complexity index is 1210. The predicted molar refractivity (Wildman–Crippen MR) is 121 cm³/mol. The van der Waals surface area contributed by atoms with E-state index in [1.54, 1.807) is 4.90 Å². The molecule has 1 amide bonds. The van der Waals surface area contributed by atoms with Crippen molar-refractivity contribution in [2.45, 2.75) is 32.8 Å². The van der Waals surface area contributed by atoms with Crippen molar-refractivity contribution >= 4 is 40.8 Å². The first-order valence-electron chi connectivity index (χ1n) is 10.1. The van der Waals surface area contributed by atoms with E-state index >= 15 is 0 Å². The SMILES string of the molecule is CC(C)(C)OC(=O)N1CCc2cc(/C=C/c3ccc4nccc(C(=O)O)c4c3)ccc21. The number of carbonyl (C=O) groups is 2. The summed E-state index contributed by atoms with van der Waals surface area (Å²) in [6, 6.07) is 13.1. The third-order valence-corrected chi connectivity index (χ3v) is 5.08. The summed E-state index contributed by atoms with van der Waals surface area (Å²) >= 11 is 0. The van der Waals surface area contributed by atoms with Gasteiger partial charge in [-0.25, -0.2) is 9.59 Å². The van der Waals surface area contributed by atoms with Crippen LogP contribution in [0.1, 0.15) is 47.8 Å². The van der Waals surface area contributed by atoms with Crippen molar-refractivity contribution in [1.29, 1.82) is 0 Å². The Morgan fingerprint density at radius 2 is 1.77 bits per heavy atom. The first-order valence-corrected chi connectivity index (χ1v) is 10.1. The van der Waals surface area contributed by atoms with E-state index in [9.17, 15) is 14.7 Å². The molecule has 1 N–H and O–H groups in total. The second kappa shape index (κ2) is 7.87. The number of carboxylic acid groups (broad SMARTS) is 1. The van der Waals surface area contributed by atoms with Gasteiger partial charge >= 0.3 is 12.1 Å². The second-order valence-electron chi connectivity index (χ2n) is 8.54. The lowest BCUT2D eigenvalue weighted by atomic mass is 10.0. The van der Waals surface area contributed by atoms with E-state index in [0.717, 1.165) is 28.8 Å². The summed E-state index contributed by atoms with van der Waals surface area (Å²) in [5.41, 5.74) is 4.24. The number of benzene rings is 2. The molecule has 1 aromatic heterocycles. The average molecular weight is 416 g/mol. The molecule has 0 atom stereocenters. The molecule has 0 spiro atoms. The number of hydrogen-bond acceptors (Lipinski definition) is 4. The molecule has 2 heterocycles. The molecule has 158 valence electrons. The lowest BCUT2D eigenvalue weighted by molar-refractivity contribution is 0.0583. The van der Waals surface area contributed by atoms with E-state index in [1.807, 2.05) is 63.3 Å². The Hall–Kier alpha value is -3.67. The summed E-state index contributed by atoms with van der Waals surface area (Å²) < 4.78 is 5.50. The van der Waals surface area contributed by atoms with Crippen molar-refractivity contribution in [2.75, 3.05) is 11.4 Å². The van der Waals surface area contributed by atoms with Gasteiger partial charge in [-0.1, -0.05) is 24.3 Å². The van der Waals surface area contributed by atoms with Crippen molar-refractivity contribution in [2.24, 2.45) is 0 Å². The summed E-state index contributed by atoms with van der Waals surface area (Å²) in [6.45, 7) is 6.18. The molecule has 1 aliphatic rings. The number of pyridine rings is 1. The topological polar surface area (TPSA) is 79.7 Å². The van der Waals surface area contributed by atoms with Gasteiger partial charge in [-0.05, 0) is 74.2 Å². The molecule has 0 saturated heterocycles. The largest absolute Gasteiger partial charge is 0.478 e. The molecule has 0 saturated carbocycles. The Kier molecular flexibility index (Phi) is 5.23. The van der Waals surface area contributed by atoms with E-state index in [4.69, 9.17) is 4.74 Å². The maximum Gasteiger partial charge on any atom is 0.414 e. The average Bonchev–Trinajstić information content (AvgIpc) is 3.13. The van der Waals surface area contributed by atoms with E-state index in [-0.39, 0.29) is 11.7 Å². The third-order valence-electron chi connectivity index (χ3n) is 5.08. The van der Waals surface area contributed by atoms with Gasteiger partial charge in [0, 0.05) is 18.1 Å². The quantitative estimate of drug-likeness (QED) is 0.578. The van der Waals surface area contributed by atoms with Crippen LogP contribution in [0.4, 0.5) is 10.5 Å². The smallest absolute Gasteiger partial charge is 0.414 e. The van der Waals surface area contributed by atoms with Gasteiger partial charge in [-0.3, -0.25) is 9.88 Å². The van der Waals surface area contributed by atoms with Crippen LogP contribution in [0.25, 0.3) is 23.1 Å². The molecule has 3 aromatic rings. The van der Waals surface area contributed by atoms with Crippen molar-refractivity contribution in [3.05, 3.63) is 70.9 Å². The molecular weight excluding hydrogens is 392 g/mol. The number of hydrogen-bond donors (Lipinski definition) is 1. The van der Waals surface area contributed by atoms with E-state index < -0.39 is 11.6 Å². The van der Waals surface area contributed by atoms with Crippen LogP contribution in [0, 0.1) is 0 Å². The molecule has 0 fully saturated rings. The highest BCUT2D eigenvalue weighted by Gasteiger charge is 2.28. The van der Waals surface area contributed by atoms with Crippen LogP contribution in [0.3, 0.4) is 0 Å². The normalized spacial score (nSPS) is 13.6. The van der Waals surface area contributed by atoms with Crippen molar-refractivity contribution in [3.63, 3.8) is 0 Å². The second-order valence-corrected chi connectivity index (χ2v) is 8.54. The summed E-state index contributed by atoms with van der Waals surface area (Å²) in [5, 5.41) is 10.0. The number of ether oxygens (including phenoxy) is 1. The van der Waals surface area contributed by atoms with Crippen LogP contribution in [-0.2, 0) is 11.2 Å². The molecule has 0 radical (unpaired) electrons. The monoisotopic (exact) mass is 416 g/mol. The number of aromatic carboxylic acids is 1. The van der Waals surface area contributed by atoms with Crippen LogP contribution in [0.2, 0.25) is 0 Å². The number of amides is 1. The van der Waals surface area contributed by atoms with E-state index in [0.29, 0.717) is 17.4 Å². The minimum atomic E-state index is -0.971. The van der Waals surface area contributed by atoms with Gasteiger partial charge in [-0.15, -0.1) is 0 Å². The summed E-state index contributed by atoms with van der Waals surface area (Å²) in [6.07, 6.45) is 5.88. The molecule has 6 nitrogen and oxygen atoms in total. The fraction of sp³-hybridized carbons (Fsp3) is 0.240. The van der Waals surface area contributed by atoms with Crippen LogP contribution in [0.5, 0.6) is 0 Å². The number of carbonyl (C=O) groups excluding carboxylic acids is 1. The highest BCUT2D eigenvalue weighted by Crippen LogP contribution is 2.31. The zero-order valence-electron chi connectivity index (χ0n) is 17.8. The number of aromatic nitrogens is 1. The maximum absolute atomic E-state index is 12.4.